The number of hydrogen-bond acceptors (Lipinski definition) is 4. The fourth-order valence-corrected chi connectivity index (χ4v) is 3.15. The van der Waals surface area contributed by atoms with Crippen LogP contribution in [0.25, 0.3) is 0 Å². The lowest BCUT2D eigenvalue weighted by Crippen LogP contribution is -2.03. The van der Waals surface area contributed by atoms with Gasteiger partial charge in [0.25, 0.3) is 5.69 Å². The monoisotopic (exact) mass is 537 g/mol. The summed E-state index contributed by atoms with van der Waals surface area (Å²) in [4.78, 5) is 33.8. The van der Waals surface area contributed by atoms with E-state index >= 15 is 0 Å². The van der Waals surface area contributed by atoms with E-state index in [9.17, 15) is 19.7 Å². The minimum Gasteiger partial charge on any atom is -0.294 e. The fourth-order valence-electron chi connectivity index (χ4n) is 3.15. The molecule has 0 radical (unpaired) electrons. The Morgan fingerprint density at radius 3 is 1.27 bits per heavy atom. The van der Waals surface area contributed by atoms with E-state index in [1.54, 1.807) is 24.3 Å². The molecule has 0 aromatic heterocycles. The number of nitro groups is 1. The highest BCUT2D eigenvalue weighted by atomic mass is 35.5. The van der Waals surface area contributed by atoms with Crippen LogP contribution in [-0.4, -0.2) is 21.8 Å². The zero-order valence-electron chi connectivity index (χ0n) is 19.4. The maximum absolute atomic E-state index is 11.9. The van der Waals surface area contributed by atoms with Gasteiger partial charge in [0.1, 0.15) is 0 Å². The number of rotatable bonds is 7. The number of halogens is 2. The van der Waals surface area contributed by atoms with Crippen LogP contribution in [0.4, 0.5) is 5.69 Å². The topological polar surface area (TPSA) is 77.3 Å². The molecule has 4 aromatic rings. The third-order valence-electron chi connectivity index (χ3n) is 4.91. The Labute approximate surface area is 227 Å². The van der Waals surface area contributed by atoms with Gasteiger partial charge in [-0.2, -0.15) is 0 Å². The summed E-state index contributed by atoms with van der Waals surface area (Å²) in [5.74, 6) is 0.172. The second kappa shape index (κ2) is 17.6. The smallest absolute Gasteiger partial charge is 0.269 e. The molecule has 192 valence electrons. The Morgan fingerprint density at radius 1 is 0.595 bits per heavy atom. The number of carbonyl (C=O) groups excluding carboxylic acids is 2. The number of ketones is 2. The highest BCUT2D eigenvalue weighted by Crippen LogP contribution is 2.14. The number of nitro benzene ring substituents is 1. The molecule has 0 bridgehead atoms. The number of nitrogens with zero attached hydrogens (tertiary/aromatic N) is 1. The van der Waals surface area contributed by atoms with E-state index in [0.717, 1.165) is 16.7 Å². The van der Waals surface area contributed by atoms with E-state index in [-0.39, 0.29) is 36.4 Å². The van der Waals surface area contributed by atoms with E-state index in [1.807, 2.05) is 78.9 Å². The molecule has 0 amide bonds. The molecule has 7 heteroatoms. The van der Waals surface area contributed by atoms with E-state index in [4.69, 9.17) is 23.2 Å². The third kappa shape index (κ3) is 11.7. The minimum atomic E-state index is -0.456. The molecule has 0 fully saturated rings. The van der Waals surface area contributed by atoms with E-state index in [0.29, 0.717) is 12.0 Å². The van der Waals surface area contributed by atoms with Gasteiger partial charge in [0.2, 0.25) is 0 Å². The normalized spacial score (nSPS) is 9.35. The lowest BCUT2D eigenvalue weighted by Gasteiger charge is -2.01. The maximum atomic E-state index is 11.9. The average Bonchev–Trinajstić information content (AvgIpc) is 2.91. The Morgan fingerprint density at radius 2 is 0.919 bits per heavy atom. The number of non-ortho nitro benzene ring substituents is 1. The van der Waals surface area contributed by atoms with Crippen LogP contribution < -0.4 is 0 Å². The van der Waals surface area contributed by atoms with Gasteiger partial charge in [0, 0.05) is 36.1 Å². The number of hydrogen-bond donors (Lipinski definition) is 0. The van der Waals surface area contributed by atoms with E-state index < -0.39 is 4.92 Å². The molecule has 0 unspecified atom stereocenters. The molecular formula is C30H29Cl2NO4. The van der Waals surface area contributed by atoms with Crippen molar-refractivity contribution in [1.82, 2.24) is 0 Å². The van der Waals surface area contributed by atoms with E-state index in [2.05, 4.69) is 0 Å². The Balaban J connectivity index is 0.000000330. The lowest BCUT2D eigenvalue weighted by molar-refractivity contribution is -0.384. The molecule has 0 aliphatic rings. The third-order valence-corrected chi connectivity index (χ3v) is 4.91. The van der Waals surface area contributed by atoms with Gasteiger partial charge in [-0.05, 0) is 11.1 Å². The molecule has 0 saturated carbocycles. The van der Waals surface area contributed by atoms with Gasteiger partial charge in [0.05, 0.1) is 10.3 Å². The molecule has 5 nitrogen and oxygen atoms in total. The predicted molar refractivity (Wildman–Crippen MR) is 152 cm³/mol. The maximum Gasteiger partial charge on any atom is 0.269 e. The summed E-state index contributed by atoms with van der Waals surface area (Å²) in [5.41, 5.74) is 3.30. The standard InChI is InChI=1S/C14H11NO3.C14H12O.CH2Cl2.CH4/c16-14(12-4-2-1-3-5-12)10-11-6-8-13(9-7-11)15(17)18;15-14(13-9-5-2-6-10-13)11-12-7-3-1-4-8-12;2-1-3;/h1-9H,10H2;1-10H,11H2;1H2;1H4. The second-order valence-corrected chi connectivity index (χ2v) is 8.25. The van der Waals surface area contributed by atoms with Crippen molar-refractivity contribution in [2.45, 2.75) is 20.3 Å². The van der Waals surface area contributed by atoms with Gasteiger partial charge in [-0.1, -0.05) is 111 Å². The van der Waals surface area contributed by atoms with Crippen LogP contribution in [0.1, 0.15) is 39.3 Å². The molecule has 4 rings (SSSR count). The Hall–Kier alpha value is -3.80. The molecule has 0 saturated heterocycles. The number of alkyl halides is 2. The highest BCUT2D eigenvalue weighted by molar-refractivity contribution is 6.40. The van der Waals surface area contributed by atoms with Gasteiger partial charge in [-0.3, -0.25) is 19.7 Å². The fraction of sp³-hybridized carbons (Fsp3) is 0.133. The summed E-state index contributed by atoms with van der Waals surface area (Å²) in [5, 5.41) is 10.7. The summed E-state index contributed by atoms with van der Waals surface area (Å²) >= 11 is 9.53. The van der Waals surface area contributed by atoms with Crippen LogP contribution >= 0.6 is 23.2 Å². The molecule has 0 aliphatic heterocycles. The average molecular weight is 538 g/mol. The van der Waals surface area contributed by atoms with Gasteiger partial charge in [-0.15, -0.1) is 23.2 Å². The van der Waals surface area contributed by atoms with Crippen molar-refractivity contribution in [2.24, 2.45) is 0 Å². The van der Waals surface area contributed by atoms with Crippen molar-refractivity contribution >= 4 is 40.5 Å². The van der Waals surface area contributed by atoms with Crippen LogP contribution in [-0.2, 0) is 12.8 Å². The molecule has 0 N–H and O–H groups in total. The van der Waals surface area contributed by atoms with Crippen molar-refractivity contribution in [3.05, 3.63) is 148 Å². The summed E-state index contributed by atoms with van der Waals surface area (Å²) in [6.07, 6.45) is 0.729. The summed E-state index contributed by atoms with van der Waals surface area (Å²) in [7, 11) is 0. The lowest BCUT2D eigenvalue weighted by atomic mass is 10.0. The quantitative estimate of drug-likeness (QED) is 0.103. The van der Waals surface area contributed by atoms with Gasteiger partial charge in [-0.25, -0.2) is 0 Å². The molecule has 0 heterocycles. The summed E-state index contributed by atoms with van der Waals surface area (Å²) in [6, 6.07) is 34.2. The SMILES string of the molecule is C.ClCCl.O=C(Cc1ccc([N+](=O)[O-])cc1)c1ccccc1.O=C(Cc1ccccc1)c1ccccc1. The first-order valence-corrected chi connectivity index (χ1v) is 12.1. The zero-order valence-corrected chi connectivity index (χ0v) is 20.9. The number of carbonyl (C=O) groups is 2. The number of Topliss-reactive ketones (excluding diaryl/α,β-unsaturated/α-hetero) is 2. The van der Waals surface area contributed by atoms with Crippen molar-refractivity contribution in [3.8, 4) is 0 Å². The van der Waals surface area contributed by atoms with Gasteiger partial charge in [0.15, 0.2) is 11.6 Å². The van der Waals surface area contributed by atoms with Gasteiger partial charge < -0.3 is 0 Å². The Kier molecular flexibility index (Phi) is 14.9. The van der Waals surface area contributed by atoms with Crippen LogP contribution in [0.2, 0.25) is 0 Å². The Bertz CT molecular complexity index is 1220. The van der Waals surface area contributed by atoms with Crippen LogP contribution in [0, 0.1) is 10.1 Å². The van der Waals surface area contributed by atoms with Crippen molar-refractivity contribution in [2.75, 3.05) is 5.34 Å². The highest BCUT2D eigenvalue weighted by Gasteiger charge is 2.09. The molecule has 0 spiro atoms. The van der Waals surface area contributed by atoms with Gasteiger partial charge >= 0.3 is 0 Å². The summed E-state index contributed by atoms with van der Waals surface area (Å²) < 4.78 is 0. The van der Waals surface area contributed by atoms with Crippen LogP contribution in [0.15, 0.2) is 115 Å². The summed E-state index contributed by atoms with van der Waals surface area (Å²) in [6.45, 7) is 0. The first-order chi connectivity index (χ1) is 17.4. The first kappa shape index (κ1) is 31.2. The molecule has 0 atom stereocenters. The van der Waals surface area contributed by atoms with Crippen molar-refractivity contribution < 1.29 is 14.5 Å². The molecule has 0 aliphatic carbocycles. The minimum absolute atomic E-state index is 0. The molecular weight excluding hydrogens is 509 g/mol. The van der Waals surface area contributed by atoms with Crippen LogP contribution in [0.5, 0.6) is 0 Å². The predicted octanol–water partition coefficient (Wildman–Crippen LogP) is 8.19. The van der Waals surface area contributed by atoms with E-state index in [1.165, 1.54) is 12.1 Å². The molecule has 4 aromatic carbocycles. The van der Waals surface area contributed by atoms with Crippen molar-refractivity contribution in [3.63, 3.8) is 0 Å². The van der Waals surface area contributed by atoms with Crippen molar-refractivity contribution in [1.29, 1.82) is 0 Å². The zero-order chi connectivity index (χ0) is 26.2. The van der Waals surface area contributed by atoms with Crippen LogP contribution in [0.3, 0.4) is 0 Å². The molecule has 37 heavy (non-hydrogen) atoms. The first-order valence-electron chi connectivity index (χ1n) is 11.0. The number of benzene rings is 4. The largest absolute Gasteiger partial charge is 0.294 e. The second-order valence-electron chi connectivity index (χ2n) is 7.44.